The molecule has 0 amide bonds. The molecular formula is C37H42. The Bertz CT molecular complexity index is 1300. The molecule has 3 atom stereocenters. The third kappa shape index (κ3) is 5.35. The maximum atomic E-state index is 3.89. The van der Waals surface area contributed by atoms with Gasteiger partial charge in [0.05, 0.1) is 0 Å². The predicted octanol–water partition coefficient (Wildman–Crippen LogP) is 10.1. The summed E-state index contributed by atoms with van der Waals surface area (Å²) in [7, 11) is 0. The average Bonchev–Trinajstić information content (AvgIpc) is 2.93. The fourth-order valence-electron chi connectivity index (χ4n) is 6.19. The molecule has 0 N–H and O–H groups in total. The molecule has 4 rings (SSSR count). The monoisotopic (exact) mass is 486 g/mol. The SMILES string of the molecule is C=CCC/C=C(\C)c1ccc(C)c(C2C=CC=CC2C(C)(c2ccccc2)c2ccc(C)cc2)c1CC. The number of unbranched alkanes of at least 4 members (excludes halogenated alkanes) is 1. The lowest BCUT2D eigenvalue weighted by Gasteiger charge is -2.43. The highest BCUT2D eigenvalue weighted by Gasteiger charge is 2.42. The minimum Gasteiger partial charge on any atom is -0.103 e. The molecule has 0 saturated heterocycles. The van der Waals surface area contributed by atoms with Crippen molar-refractivity contribution < 1.29 is 0 Å². The number of allylic oxidation sites excluding steroid dienone is 7. The van der Waals surface area contributed by atoms with E-state index in [2.05, 4.69) is 138 Å². The van der Waals surface area contributed by atoms with Gasteiger partial charge in [0.15, 0.2) is 0 Å². The molecule has 0 spiro atoms. The molecule has 0 bridgehead atoms. The summed E-state index contributed by atoms with van der Waals surface area (Å²) in [5.74, 6) is 0.569. The lowest BCUT2D eigenvalue weighted by molar-refractivity contribution is 0.379. The zero-order chi connectivity index (χ0) is 26.4. The van der Waals surface area contributed by atoms with Gasteiger partial charge in [0.2, 0.25) is 0 Å². The van der Waals surface area contributed by atoms with E-state index in [9.17, 15) is 0 Å². The summed E-state index contributed by atoms with van der Waals surface area (Å²) in [6, 6.07) is 25.0. The minimum absolute atomic E-state index is 0.177. The Labute approximate surface area is 225 Å². The first-order valence-electron chi connectivity index (χ1n) is 13.8. The van der Waals surface area contributed by atoms with Gasteiger partial charge < -0.3 is 0 Å². The molecule has 0 aliphatic heterocycles. The normalized spacial score (nSPS) is 19.0. The maximum absolute atomic E-state index is 3.89. The number of rotatable bonds is 9. The summed E-state index contributed by atoms with van der Waals surface area (Å²) < 4.78 is 0. The molecule has 0 nitrogen and oxygen atoms in total. The van der Waals surface area contributed by atoms with Crippen molar-refractivity contribution in [1.29, 1.82) is 0 Å². The zero-order valence-electron chi connectivity index (χ0n) is 23.3. The maximum Gasteiger partial charge on any atom is 0.0246 e. The van der Waals surface area contributed by atoms with Gasteiger partial charge in [-0.05, 0) is 79.0 Å². The van der Waals surface area contributed by atoms with Crippen LogP contribution in [0.5, 0.6) is 0 Å². The first kappa shape index (κ1) is 26.7. The quantitative estimate of drug-likeness (QED) is 0.208. The van der Waals surface area contributed by atoms with Crippen LogP contribution in [0, 0.1) is 19.8 Å². The Hall–Kier alpha value is -3.38. The van der Waals surface area contributed by atoms with Crippen LogP contribution in [0.4, 0.5) is 0 Å². The standard InChI is InChI=1S/C37H42/c1-7-9-11-16-28(4)33-26-23-29(5)36(32(33)8-2)34-19-14-15-20-35(34)37(6,30-17-12-10-13-18-30)31-24-21-27(3)22-25-31/h7,10,12-26,34-35H,1,8-9,11H2,2-6H3/b28-16+. The van der Waals surface area contributed by atoms with Gasteiger partial charge in [-0.1, -0.05) is 123 Å². The molecule has 0 saturated carbocycles. The molecule has 3 unspecified atom stereocenters. The van der Waals surface area contributed by atoms with E-state index in [4.69, 9.17) is 0 Å². The number of hydrogen-bond acceptors (Lipinski definition) is 0. The van der Waals surface area contributed by atoms with E-state index in [-0.39, 0.29) is 17.3 Å². The highest BCUT2D eigenvalue weighted by molar-refractivity contribution is 5.69. The first-order chi connectivity index (χ1) is 17.9. The van der Waals surface area contributed by atoms with E-state index in [0.717, 1.165) is 19.3 Å². The zero-order valence-corrected chi connectivity index (χ0v) is 23.3. The van der Waals surface area contributed by atoms with Crippen LogP contribution in [-0.2, 0) is 11.8 Å². The van der Waals surface area contributed by atoms with Crippen molar-refractivity contribution in [2.75, 3.05) is 0 Å². The molecule has 3 aromatic carbocycles. The van der Waals surface area contributed by atoms with Gasteiger partial charge in [0, 0.05) is 17.3 Å². The number of benzene rings is 3. The van der Waals surface area contributed by atoms with Crippen molar-refractivity contribution in [2.24, 2.45) is 5.92 Å². The molecule has 37 heavy (non-hydrogen) atoms. The Morgan fingerprint density at radius 1 is 0.865 bits per heavy atom. The molecular weight excluding hydrogens is 444 g/mol. The lowest BCUT2D eigenvalue weighted by atomic mass is 9.60. The molecule has 1 aliphatic rings. The second-order valence-corrected chi connectivity index (χ2v) is 10.7. The van der Waals surface area contributed by atoms with Crippen LogP contribution in [0.15, 0.2) is 110 Å². The fraction of sp³-hybridized carbons (Fsp3) is 0.297. The summed E-state index contributed by atoms with van der Waals surface area (Å²) in [4.78, 5) is 0. The van der Waals surface area contributed by atoms with Crippen molar-refractivity contribution in [3.63, 3.8) is 0 Å². The van der Waals surface area contributed by atoms with E-state index in [1.54, 1.807) is 0 Å². The molecule has 190 valence electrons. The van der Waals surface area contributed by atoms with Gasteiger partial charge in [-0.3, -0.25) is 0 Å². The number of hydrogen-bond donors (Lipinski definition) is 0. The minimum atomic E-state index is -0.177. The third-order valence-electron chi connectivity index (χ3n) is 8.33. The van der Waals surface area contributed by atoms with Crippen molar-refractivity contribution >= 4 is 5.57 Å². The first-order valence-corrected chi connectivity index (χ1v) is 13.8. The van der Waals surface area contributed by atoms with E-state index in [0.29, 0.717) is 0 Å². The summed E-state index contributed by atoms with van der Waals surface area (Å²) >= 11 is 0. The lowest BCUT2D eigenvalue weighted by Crippen LogP contribution is -2.37. The molecule has 0 fully saturated rings. The Morgan fingerprint density at radius 3 is 2.22 bits per heavy atom. The molecule has 0 aromatic heterocycles. The largest absolute Gasteiger partial charge is 0.103 e. The van der Waals surface area contributed by atoms with Gasteiger partial charge in [0.1, 0.15) is 0 Å². The van der Waals surface area contributed by atoms with Gasteiger partial charge in [0.25, 0.3) is 0 Å². The van der Waals surface area contributed by atoms with Crippen molar-refractivity contribution in [3.05, 3.63) is 149 Å². The van der Waals surface area contributed by atoms with Crippen LogP contribution in [-0.4, -0.2) is 0 Å². The van der Waals surface area contributed by atoms with Gasteiger partial charge in [-0.15, -0.1) is 6.58 Å². The molecule has 0 heteroatoms. The average molecular weight is 487 g/mol. The summed E-state index contributed by atoms with van der Waals surface area (Å²) in [5.41, 5.74) is 11.0. The van der Waals surface area contributed by atoms with E-state index in [1.165, 1.54) is 44.5 Å². The highest BCUT2D eigenvalue weighted by Crippen LogP contribution is 2.49. The van der Waals surface area contributed by atoms with Crippen LogP contribution >= 0.6 is 0 Å². The molecule has 0 heterocycles. The van der Waals surface area contributed by atoms with Crippen LogP contribution in [0.2, 0.25) is 0 Å². The topological polar surface area (TPSA) is 0 Å². The van der Waals surface area contributed by atoms with Crippen LogP contribution in [0.3, 0.4) is 0 Å². The van der Waals surface area contributed by atoms with Crippen molar-refractivity contribution in [2.45, 2.75) is 65.2 Å². The van der Waals surface area contributed by atoms with Crippen molar-refractivity contribution in [1.82, 2.24) is 0 Å². The smallest absolute Gasteiger partial charge is 0.0246 e. The fourth-order valence-corrected chi connectivity index (χ4v) is 6.19. The molecule has 0 radical (unpaired) electrons. The van der Waals surface area contributed by atoms with E-state index < -0.39 is 0 Å². The van der Waals surface area contributed by atoms with Crippen LogP contribution in [0.1, 0.15) is 78.5 Å². The van der Waals surface area contributed by atoms with Crippen LogP contribution in [0.25, 0.3) is 5.57 Å². The molecule has 1 aliphatic carbocycles. The second-order valence-electron chi connectivity index (χ2n) is 10.7. The van der Waals surface area contributed by atoms with Gasteiger partial charge in [-0.25, -0.2) is 0 Å². The van der Waals surface area contributed by atoms with Gasteiger partial charge in [-0.2, -0.15) is 0 Å². The van der Waals surface area contributed by atoms with E-state index in [1.807, 2.05) is 6.08 Å². The second kappa shape index (κ2) is 11.8. The van der Waals surface area contributed by atoms with Crippen molar-refractivity contribution in [3.8, 4) is 0 Å². The predicted molar refractivity (Wildman–Crippen MR) is 162 cm³/mol. The summed E-state index contributed by atoms with van der Waals surface area (Å²) in [6.45, 7) is 15.4. The molecule has 3 aromatic rings. The summed E-state index contributed by atoms with van der Waals surface area (Å²) in [6.07, 6.45) is 16.9. The number of aryl methyl sites for hydroxylation is 2. The summed E-state index contributed by atoms with van der Waals surface area (Å²) in [5, 5.41) is 0. The van der Waals surface area contributed by atoms with Gasteiger partial charge >= 0.3 is 0 Å². The van der Waals surface area contributed by atoms with Crippen LogP contribution < -0.4 is 0 Å². The van der Waals surface area contributed by atoms with E-state index >= 15 is 0 Å². The highest BCUT2D eigenvalue weighted by atomic mass is 14.4. The Balaban J connectivity index is 1.91. The Kier molecular flexibility index (Phi) is 8.49. The third-order valence-corrected chi connectivity index (χ3v) is 8.33. The Morgan fingerprint density at radius 2 is 1.54 bits per heavy atom.